The summed E-state index contributed by atoms with van der Waals surface area (Å²) in [7, 11) is 1.57. The van der Waals surface area contributed by atoms with Gasteiger partial charge in [0.1, 0.15) is 11.4 Å². The highest BCUT2D eigenvalue weighted by Gasteiger charge is 2.32. The third-order valence-corrected chi connectivity index (χ3v) is 3.33. The van der Waals surface area contributed by atoms with Crippen molar-refractivity contribution in [2.45, 2.75) is 18.9 Å². The van der Waals surface area contributed by atoms with Crippen LogP contribution in [0.25, 0.3) is 0 Å². The van der Waals surface area contributed by atoms with Crippen LogP contribution in [-0.4, -0.2) is 43.5 Å². The molecule has 0 spiro atoms. The first-order chi connectivity index (χ1) is 9.04. The van der Waals surface area contributed by atoms with Crippen LogP contribution in [0.2, 0.25) is 0 Å². The number of nitrogens with one attached hydrogen (secondary N) is 1. The quantitative estimate of drug-likeness (QED) is 0.848. The molecule has 1 heterocycles. The molecule has 1 unspecified atom stereocenters. The van der Waals surface area contributed by atoms with Crippen molar-refractivity contribution < 1.29 is 19.4 Å². The third-order valence-electron chi connectivity index (χ3n) is 3.33. The first-order valence-electron chi connectivity index (χ1n) is 6.27. The van der Waals surface area contributed by atoms with E-state index in [9.17, 15) is 9.90 Å². The van der Waals surface area contributed by atoms with Crippen LogP contribution in [0.5, 0.6) is 5.75 Å². The zero-order chi connectivity index (χ0) is 13.9. The van der Waals surface area contributed by atoms with Gasteiger partial charge in [-0.25, -0.2) is 0 Å². The molecule has 0 bridgehead atoms. The second kappa shape index (κ2) is 5.59. The molecule has 5 nitrogen and oxygen atoms in total. The molecule has 1 atom stereocenters. The summed E-state index contributed by atoms with van der Waals surface area (Å²) in [5.74, 6) is 0.453. The monoisotopic (exact) mass is 265 g/mol. The minimum Gasteiger partial charge on any atom is -0.496 e. The smallest absolute Gasteiger partial charge is 0.251 e. The normalized spacial score (nSPS) is 22.3. The first-order valence-corrected chi connectivity index (χ1v) is 6.27. The number of amides is 1. The maximum Gasteiger partial charge on any atom is 0.251 e. The number of ether oxygens (including phenoxy) is 2. The van der Waals surface area contributed by atoms with Crippen molar-refractivity contribution in [3.63, 3.8) is 0 Å². The fourth-order valence-corrected chi connectivity index (χ4v) is 2.04. The number of methoxy groups -OCH3 is 1. The fraction of sp³-hybridized carbons (Fsp3) is 0.500. The Labute approximate surface area is 112 Å². The Kier molecular flexibility index (Phi) is 4.07. The topological polar surface area (TPSA) is 67.8 Å². The van der Waals surface area contributed by atoms with Crippen molar-refractivity contribution in [2.24, 2.45) is 0 Å². The van der Waals surface area contributed by atoms with Crippen LogP contribution in [0, 0.1) is 6.92 Å². The van der Waals surface area contributed by atoms with Crippen molar-refractivity contribution >= 4 is 5.91 Å². The molecule has 1 aliphatic rings. The van der Waals surface area contributed by atoms with Gasteiger partial charge in [-0.3, -0.25) is 4.79 Å². The van der Waals surface area contributed by atoms with E-state index in [0.717, 1.165) is 5.56 Å². The lowest BCUT2D eigenvalue weighted by Gasteiger charge is -2.20. The predicted molar refractivity (Wildman–Crippen MR) is 70.5 cm³/mol. The highest BCUT2D eigenvalue weighted by Crippen LogP contribution is 2.20. The summed E-state index contributed by atoms with van der Waals surface area (Å²) in [6, 6.07) is 5.27. The van der Waals surface area contributed by atoms with Crippen LogP contribution >= 0.6 is 0 Å². The van der Waals surface area contributed by atoms with Gasteiger partial charge in [-0.2, -0.15) is 0 Å². The van der Waals surface area contributed by atoms with Crippen LogP contribution in [0.1, 0.15) is 22.3 Å². The van der Waals surface area contributed by atoms with E-state index in [1.807, 2.05) is 13.0 Å². The molecule has 1 amide bonds. The van der Waals surface area contributed by atoms with Crippen LogP contribution in [0.3, 0.4) is 0 Å². The van der Waals surface area contributed by atoms with Crippen molar-refractivity contribution in [3.05, 3.63) is 29.3 Å². The Hall–Kier alpha value is -1.59. The second-order valence-corrected chi connectivity index (χ2v) is 4.89. The number of benzene rings is 1. The SMILES string of the molecule is COc1cc(C(=O)NCC2(O)CCOC2)ccc1C. The fourth-order valence-electron chi connectivity index (χ4n) is 2.04. The summed E-state index contributed by atoms with van der Waals surface area (Å²) in [5, 5.41) is 12.8. The van der Waals surface area contributed by atoms with Gasteiger partial charge >= 0.3 is 0 Å². The number of aliphatic hydroxyl groups is 1. The molecular weight excluding hydrogens is 246 g/mol. The summed E-state index contributed by atoms with van der Waals surface area (Å²) < 4.78 is 10.3. The molecule has 104 valence electrons. The number of aryl methyl sites for hydroxylation is 1. The summed E-state index contributed by atoms with van der Waals surface area (Å²) >= 11 is 0. The first kappa shape index (κ1) is 13.8. The molecule has 1 aromatic carbocycles. The van der Waals surface area contributed by atoms with Gasteiger partial charge in [0, 0.05) is 25.1 Å². The largest absolute Gasteiger partial charge is 0.496 e. The number of hydrogen-bond acceptors (Lipinski definition) is 4. The van der Waals surface area contributed by atoms with Crippen molar-refractivity contribution in [2.75, 3.05) is 26.9 Å². The molecule has 0 aliphatic carbocycles. The Morgan fingerprint density at radius 3 is 3.00 bits per heavy atom. The summed E-state index contributed by atoms with van der Waals surface area (Å²) in [4.78, 5) is 12.0. The average molecular weight is 265 g/mol. The summed E-state index contributed by atoms with van der Waals surface area (Å²) in [6.45, 7) is 2.91. The Morgan fingerprint density at radius 1 is 1.58 bits per heavy atom. The molecule has 1 aromatic rings. The highest BCUT2D eigenvalue weighted by atomic mass is 16.5. The van der Waals surface area contributed by atoms with Crippen LogP contribution < -0.4 is 10.1 Å². The molecule has 0 saturated carbocycles. The maximum atomic E-state index is 12.0. The average Bonchev–Trinajstić information content (AvgIpc) is 2.84. The summed E-state index contributed by atoms with van der Waals surface area (Å²) in [5.41, 5.74) is 0.552. The van der Waals surface area contributed by atoms with Crippen LogP contribution in [0.15, 0.2) is 18.2 Å². The van der Waals surface area contributed by atoms with Gasteiger partial charge in [-0.15, -0.1) is 0 Å². The van der Waals surface area contributed by atoms with Crippen molar-refractivity contribution in [3.8, 4) is 5.75 Å². The number of rotatable bonds is 4. The molecular formula is C14H19NO4. The number of carbonyl (C=O) groups excluding carboxylic acids is 1. The van der Waals surface area contributed by atoms with Crippen molar-refractivity contribution in [1.82, 2.24) is 5.32 Å². The molecule has 0 radical (unpaired) electrons. The van der Waals surface area contributed by atoms with Crippen molar-refractivity contribution in [1.29, 1.82) is 0 Å². The number of carbonyl (C=O) groups is 1. The van der Waals surface area contributed by atoms with Crippen LogP contribution in [0.4, 0.5) is 0 Å². The standard InChI is InChI=1S/C14H19NO4/c1-10-3-4-11(7-12(10)18-2)13(16)15-8-14(17)5-6-19-9-14/h3-4,7,17H,5-6,8-9H2,1-2H3,(H,15,16). The van der Waals surface area contributed by atoms with E-state index >= 15 is 0 Å². The van der Waals surface area contributed by atoms with Gasteiger partial charge in [0.15, 0.2) is 0 Å². The van der Waals surface area contributed by atoms with E-state index in [2.05, 4.69) is 5.32 Å². The van der Waals surface area contributed by atoms with E-state index in [1.54, 1.807) is 19.2 Å². The Balaban J connectivity index is 1.99. The van der Waals surface area contributed by atoms with Gasteiger partial charge in [0.25, 0.3) is 5.91 Å². The van der Waals surface area contributed by atoms with Gasteiger partial charge in [-0.1, -0.05) is 6.07 Å². The molecule has 1 fully saturated rings. The second-order valence-electron chi connectivity index (χ2n) is 4.89. The lowest BCUT2D eigenvalue weighted by Crippen LogP contribution is -2.43. The molecule has 1 aliphatic heterocycles. The van der Waals surface area contributed by atoms with Gasteiger partial charge in [0.2, 0.25) is 0 Å². The van der Waals surface area contributed by atoms with E-state index < -0.39 is 5.60 Å². The lowest BCUT2D eigenvalue weighted by atomic mass is 10.0. The zero-order valence-electron chi connectivity index (χ0n) is 11.2. The van der Waals surface area contributed by atoms with Gasteiger partial charge < -0.3 is 19.9 Å². The molecule has 0 aromatic heterocycles. The third kappa shape index (κ3) is 3.24. The Morgan fingerprint density at radius 2 is 2.37 bits per heavy atom. The van der Waals surface area contributed by atoms with E-state index in [0.29, 0.717) is 24.3 Å². The Bertz CT molecular complexity index is 467. The van der Waals surface area contributed by atoms with E-state index in [4.69, 9.17) is 9.47 Å². The molecule has 19 heavy (non-hydrogen) atoms. The predicted octanol–water partition coefficient (Wildman–Crippen LogP) is 0.885. The highest BCUT2D eigenvalue weighted by molar-refractivity contribution is 5.94. The van der Waals surface area contributed by atoms with Gasteiger partial charge in [-0.05, 0) is 24.6 Å². The lowest BCUT2D eigenvalue weighted by molar-refractivity contribution is 0.0264. The molecule has 1 saturated heterocycles. The minimum absolute atomic E-state index is 0.196. The number of hydrogen-bond donors (Lipinski definition) is 2. The van der Waals surface area contributed by atoms with Gasteiger partial charge in [0.05, 0.1) is 13.7 Å². The van der Waals surface area contributed by atoms with E-state index in [1.165, 1.54) is 0 Å². The minimum atomic E-state index is -0.940. The molecule has 2 N–H and O–H groups in total. The van der Waals surface area contributed by atoms with E-state index in [-0.39, 0.29) is 19.1 Å². The maximum absolute atomic E-state index is 12.0. The van der Waals surface area contributed by atoms with Crippen LogP contribution in [-0.2, 0) is 4.74 Å². The molecule has 5 heteroatoms. The summed E-state index contributed by atoms with van der Waals surface area (Å²) in [6.07, 6.45) is 0.546. The zero-order valence-corrected chi connectivity index (χ0v) is 11.2. The molecule has 2 rings (SSSR count).